The number of carbonyl (C=O) groups is 2. The summed E-state index contributed by atoms with van der Waals surface area (Å²) < 4.78 is 2.00. The molecular weight excluding hydrogens is 424 g/mol. The highest BCUT2D eigenvalue weighted by Gasteiger charge is 2.27. The van der Waals surface area contributed by atoms with Crippen LogP contribution in [0.3, 0.4) is 0 Å². The summed E-state index contributed by atoms with van der Waals surface area (Å²) in [5.41, 5.74) is 2.91. The van der Waals surface area contributed by atoms with E-state index in [0.717, 1.165) is 41.7 Å². The first-order valence-corrected chi connectivity index (χ1v) is 12.6. The molecule has 0 saturated heterocycles. The number of imidazole rings is 1. The Morgan fingerprint density at radius 2 is 1.76 bits per heavy atom. The predicted molar refractivity (Wildman–Crippen MR) is 135 cm³/mol. The fraction of sp³-hybridized carbons (Fsp3) is 0.464. The lowest BCUT2D eigenvalue weighted by Gasteiger charge is -2.35. The number of rotatable bonds is 9. The Balaban J connectivity index is 1.63. The minimum atomic E-state index is -0.281. The Labute approximate surface area is 202 Å². The molecular formula is C28H36N4O2. The van der Waals surface area contributed by atoms with Crippen LogP contribution in [0.5, 0.6) is 0 Å². The molecule has 1 aromatic heterocycles. The van der Waals surface area contributed by atoms with E-state index in [2.05, 4.69) is 22.3 Å². The van der Waals surface area contributed by atoms with E-state index in [4.69, 9.17) is 4.98 Å². The summed E-state index contributed by atoms with van der Waals surface area (Å²) in [5.74, 6) is 0.836. The quantitative estimate of drug-likeness (QED) is 0.466. The van der Waals surface area contributed by atoms with Gasteiger partial charge in [0.15, 0.2) is 0 Å². The van der Waals surface area contributed by atoms with Crippen molar-refractivity contribution in [3.8, 4) is 0 Å². The number of nitrogens with zero attached hydrogens (tertiary/aromatic N) is 3. The van der Waals surface area contributed by atoms with Crippen LogP contribution in [0.2, 0.25) is 0 Å². The first-order chi connectivity index (χ1) is 16.6. The molecule has 2 amide bonds. The molecule has 4 rings (SSSR count). The largest absolute Gasteiger partial charge is 0.346 e. The zero-order valence-electron chi connectivity index (χ0n) is 20.4. The minimum Gasteiger partial charge on any atom is -0.346 e. The van der Waals surface area contributed by atoms with Crippen LogP contribution in [0.25, 0.3) is 11.0 Å². The monoisotopic (exact) mass is 460 g/mol. The van der Waals surface area contributed by atoms with E-state index in [9.17, 15) is 9.59 Å². The summed E-state index contributed by atoms with van der Waals surface area (Å²) in [5, 5.41) is 3.06. The molecule has 0 aliphatic heterocycles. The summed E-state index contributed by atoms with van der Waals surface area (Å²) in [7, 11) is 0. The Morgan fingerprint density at radius 1 is 1.06 bits per heavy atom. The van der Waals surface area contributed by atoms with Crippen molar-refractivity contribution in [2.24, 2.45) is 0 Å². The Hall–Kier alpha value is -3.15. The molecule has 34 heavy (non-hydrogen) atoms. The first-order valence-electron chi connectivity index (χ1n) is 12.6. The van der Waals surface area contributed by atoms with Gasteiger partial charge in [-0.15, -0.1) is 0 Å². The van der Waals surface area contributed by atoms with Crippen LogP contribution in [-0.2, 0) is 22.7 Å². The highest BCUT2D eigenvalue weighted by atomic mass is 16.2. The van der Waals surface area contributed by atoms with Gasteiger partial charge in [0.05, 0.1) is 17.1 Å². The van der Waals surface area contributed by atoms with Gasteiger partial charge in [-0.05, 0) is 43.9 Å². The normalized spacial score (nSPS) is 15.2. The molecule has 0 spiro atoms. The van der Waals surface area contributed by atoms with Crippen LogP contribution >= 0.6 is 0 Å². The van der Waals surface area contributed by atoms with Crippen LogP contribution in [0.4, 0.5) is 0 Å². The second-order valence-corrected chi connectivity index (χ2v) is 9.38. The van der Waals surface area contributed by atoms with Crippen molar-refractivity contribution in [1.29, 1.82) is 0 Å². The van der Waals surface area contributed by atoms with Gasteiger partial charge in [0.25, 0.3) is 0 Å². The molecule has 1 heterocycles. The van der Waals surface area contributed by atoms with Gasteiger partial charge in [-0.3, -0.25) is 9.59 Å². The molecule has 6 nitrogen and oxygen atoms in total. The van der Waals surface area contributed by atoms with Gasteiger partial charge in [-0.2, -0.15) is 0 Å². The van der Waals surface area contributed by atoms with E-state index in [1.54, 1.807) is 0 Å². The van der Waals surface area contributed by atoms with Gasteiger partial charge in [0, 0.05) is 19.0 Å². The minimum absolute atomic E-state index is 0.00726. The molecule has 1 N–H and O–H groups in total. The van der Waals surface area contributed by atoms with Crippen LogP contribution in [0.15, 0.2) is 54.6 Å². The summed E-state index contributed by atoms with van der Waals surface area (Å²) in [4.78, 5) is 33.0. The lowest BCUT2D eigenvalue weighted by molar-refractivity contribution is -0.135. The van der Waals surface area contributed by atoms with Crippen LogP contribution in [0.1, 0.15) is 76.2 Å². The smallest absolute Gasteiger partial charge is 0.243 e. The molecule has 2 aromatic carbocycles. The fourth-order valence-corrected chi connectivity index (χ4v) is 5.02. The lowest BCUT2D eigenvalue weighted by atomic mass is 9.93. The molecule has 1 unspecified atom stereocenters. The van der Waals surface area contributed by atoms with Crippen molar-refractivity contribution in [3.05, 3.63) is 66.0 Å². The van der Waals surface area contributed by atoms with E-state index in [0.29, 0.717) is 13.0 Å². The molecule has 1 saturated carbocycles. The van der Waals surface area contributed by atoms with E-state index < -0.39 is 0 Å². The number of hydrogen-bond acceptors (Lipinski definition) is 3. The van der Waals surface area contributed by atoms with Crippen LogP contribution < -0.4 is 5.32 Å². The number of amides is 2. The van der Waals surface area contributed by atoms with Gasteiger partial charge < -0.3 is 14.8 Å². The van der Waals surface area contributed by atoms with Crippen molar-refractivity contribution in [2.45, 2.75) is 84.0 Å². The average molecular weight is 461 g/mol. The maximum atomic E-state index is 13.8. The summed E-state index contributed by atoms with van der Waals surface area (Å²) >= 11 is 0. The number of para-hydroxylation sites is 2. The lowest BCUT2D eigenvalue weighted by Crippen LogP contribution is -2.43. The average Bonchev–Trinajstić information content (AvgIpc) is 3.22. The Kier molecular flexibility index (Phi) is 7.99. The summed E-state index contributed by atoms with van der Waals surface area (Å²) in [6, 6.07) is 18.1. The second kappa shape index (κ2) is 11.3. The third-order valence-corrected chi connectivity index (χ3v) is 6.75. The molecule has 180 valence electrons. The molecule has 1 aliphatic rings. The summed E-state index contributed by atoms with van der Waals surface area (Å²) in [6.45, 7) is 4.77. The van der Waals surface area contributed by atoms with E-state index in [1.165, 1.54) is 19.3 Å². The van der Waals surface area contributed by atoms with Gasteiger partial charge in [0.2, 0.25) is 11.8 Å². The molecule has 3 aromatic rings. The van der Waals surface area contributed by atoms with Gasteiger partial charge in [0.1, 0.15) is 12.4 Å². The second-order valence-electron chi connectivity index (χ2n) is 9.38. The van der Waals surface area contributed by atoms with Gasteiger partial charge >= 0.3 is 0 Å². The first kappa shape index (κ1) is 24.0. The standard InChI is InChI=1S/C28H36N4O2/c1-3-12-26(33)29-21(2)28-30-24-17-10-11-18-25(24)32(28)20-27(34)31(23-15-8-5-9-16-23)19-22-13-6-4-7-14-22/h4,6-7,10-11,13-14,17-18,21,23H,3,5,8-9,12,15-16,19-20H2,1-2H3,(H,29,33). The number of carbonyl (C=O) groups excluding carboxylic acids is 2. The summed E-state index contributed by atoms with van der Waals surface area (Å²) in [6.07, 6.45) is 6.97. The zero-order valence-corrected chi connectivity index (χ0v) is 20.4. The Morgan fingerprint density at radius 3 is 2.50 bits per heavy atom. The van der Waals surface area contributed by atoms with Crippen molar-refractivity contribution >= 4 is 22.8 Å². The number of nitrogens with one attached hydrogen (secondary N) is 1. The highest BCUT2D eigenvalue weighted by molar-refractivity contribution is 5.82. The van der Waals surface area contributed by atoms with Crippen molar-refractivity contribution in [1.82, 2.24) is 19.8 Å². The van der Waals surface area contributed by atoms with E-state index >= 15 is 0 Å². The maximum Gasteiger partial charge on any atom is 0.243 e. The molecule has 1 fully saturated rings. The van der Waals surface area contributed by atoms with Crippen molar-refractivity contribution < 1.29 is 9.59 Å². The van der Waals surface area contributed by atoms with Crippen LogP contribution in [-0.4, -0.2) is 32.3 Å². The van der Waals surface area contributed by atoms with Crippen molar-refractivity contribution in [2.75, 3.05) is 0 Å². The SMILES string of the molecule is CCCC(=O)NC(C)c1nc2ccccc2n1CC(=O)N(Cc1ccccc1)C1CCCCC1. The van der Waals surface area contributed by atoms with Crippen LogP contribution in [0, 0.1) is 0 Å². The van der Waals surface area contributed by atoms with Gasteiger partial charge in [-0.1, -0.05) is 68.7 Å². The zero-order chi connectivity index (χ0) is 23.9. The third-order valence-electron chi connectivity index (χ3n) is 6.75. The Bertz CT molecular complexity index is 1100. The topological polar surface area (TPSA) is 67.2 Å². The highest BCUT2D eigenvalue weighted by Crippen LogP contribution is 2.26. The van der Waals surface area contributed by atoms with Gasteiger partial charge in [-0.25, -0.2) is 4.98 Å². The number of fused-ring (bicyclic) bond motifs is 1. The number of benzene rings is 2. The maximum absolute atomic E-state index is 13.8. The molecule has 1 atom stereocenters. The third kappa shape index (κ3) is 5.66. The number of aromatic nitrogens is 2. The number of hydrogen-bond donors (Lipinski definition) is 1. The molecule has 0 bridgehead atoms. The van der Waals surface area contributed by atoms with E-state index in [-0.39, 0.29) is 30.4 Å². The van der Waals surface area contributed by atoms with E-state index in [1.807, 2.05) is 60.9 Å². The predicted octanol–water partition coefficient (Wildman–Crippen LogP) is 5.38. The fourth-order valence-electron chi connectivity index (χ4n) is 5.02. The molecule has 0 radical (unpaired) electrons. The van der Waals surface area contributed by atoms with Crippen molar-refractivity contribution in [3.63, 3.8) is 0 Å². The molecule has 1 aliphatic carbocycles. The molecule has 6 heteroatoms.